The van der Waals surface area contributed by atoms with E-state index in [9.17, 15) is 45.5 Å². The zero-order valence-corrected chi connectivity index (χ0v) is 16.0. The second-order valence-electron chi connectivity index (χ2n) is 6.96. The minimum atomic E-state index is -6.09. The van der Waals surface area contributed by atoms with Crippen LogP contribution in [0, 0.1) is 0 Å². The normalized spacial score (nSPS) is 16.2. The van der Waals surface area contributed by atoms with Crippen molar-refractivity contribution >= 4 is 24.2 Å². The summed E-state index contributed by atoms with van der Waals surface area (Å²) in [6, 6.07) is 1.50. The lowest BCUT2D eigenvalue weighted by Gasteiger charge is -2.42. The fraction of sp³-hybridized carbons (Fsp3) is 0.200. The van der Waals surface area contributed by atoms with Crippen LogP contribution in [0.15, 0.2) is 24.3 Å². The van der Waals surface area contributed by atoms with Crippen molar-refractivity contribution in [2.45, 2.75) is 17.8 Å². The largest absolute Gasteiger partial charge is 0.465 e. The summed E-state index contributed by atoms with van der Waals surface area (Å²) >= 11 is 0. The number of rotatable bonds is 2. The molecule has 0 spiro atoms. The Morgan fingerprint density at radius 1 is 0.879 bits per heavy atom. The number of ether oxygens (including phenoxy) is 3. The Bertz CT molecular complexity index is 1250. The Kier molecular flexibility index (Phi) is 4.59. The summed E-state index contributed by atoms with van der Waals surface area (Å²) in [7, 11) is 0.814. The second kappa shape index (κ2) is 6.80. The number of esters is 3. The van der Waals surface area contributed by atoms with Gasteiger partial charge in [-0.25, -0.2) is 14.4 Å². The summed E-state index contributed by atoms with van der Waals surface area (Å²) in [5, 5.41) is 0. The number of aldehydes is 1. The molecule has 33 heavy (non-hydrogen) atoms. The van der Waals surface area contributed by atoms with E-state index in [0.29, 0.717) is 12.1 Å². The average Bonchev–Trinajstić information content (AvgIpc) is 2.99. The van der Waals surface area contributed by atoms with Gasteiger partial charge >= 0.3 is 30.3 Å². The van der Waals surface area contributed by atoms with Crippen molar-refractivity contribution in [2.24, 2.45) is 0 Å². The van der Waals surface area contributed by atoms with Gasteiger partial charge in [-0.1, -0.05) is 0 Å². The van der Waals surface area contributed by atoms with Crippen LogP contribution in [0.4, 0.5) is 26.3 Å². The number of methoxy groups -OCH3 is 1. The van der Waals surface area contributed by atoms with Crippen LogP contribution in [-0.2, 0) is 14.9 Å². The molecule has 0 amide bonds. The Balaban J connectivity index is 2.18. The first kappa shape index (κ1) is 22.3. The summed E-state index contributed by atoms with van der Waals surface area (Å²) in [6.45, 7) is 0. The summed E-state index contributed by atoms with van der Waals surface area (Å²) in [4.78, 5) is 47.0. The van der Waals surface area contributed by atoms with Gasteiger partial charge in [0.2, 0.25) is 5.41 Å². The average molecular weight is 474 g/mol. The first-order valence-electron chi connectivity index (χ1n) is 8.76. The van der Waals surface area contributed by atoms with Crippen LogP contribution in [-0.4, -0.2) is 43.7 Å². The number of carbonyl (C=O) groups is 4. The molecule has 0 aromatic heterocycles. The molecule has 7 nitrogen and oxygen atoms in total. The standard InChI is InChI=1S/C20H8F6O7/c1-31-15(28)8-3-11-13(2-7(8)6-27)32-14-5-10-9(16(29)33-17(10)30)4-12(14)18(11,19(21,22)23)20(24,25)26/h2-6H,1H3. The number of hydrogen-bond donors (Lipinski definition) is 0. The van der Waals surface area contributed by atoms with Gasteiger partial charge in [-0.3, -0.25) is 4.79 Å². The zero-order chi connectivity index (χ0) is 24.5. The van der Waals surface area contributed by atoms with E-state index in [1.165, 1.54) is 0 Å². The van der Waals surface area contributed by atoms with Crippen LogP contribution in [0.25, 0.3) is 0 Å². The molecule has 13 heteroatoms. The first-order valence-corrected chi connectivity index (χ1v) is 8.76. The van der Waals surface area contributed by atoms with Crippen molar-refractivity contribution in [1.29, 1.82) is 0 Å². The molecule has 0 N–H and O–H groups in total. The topological polar surface area (TPSA) is 96.0 Å². The van der Waals surface area contributed by atoms with Gasteiger partial charge in [0, 0.05) is 16.7 Å². The first-order chi connectivity index (χ1) is 15.3. The molecule has 0 saturated heterocycles. The lowest BCUT2D eigenvalue weighted by atomic mass is 9.69. The number of benzene rings is 2. The van der Waals surface area contributed by atoms with E-state index in [1.807, 2.05) is 0 Å². The Morgan fingerprint density at radius 2 is 1.39 bits per heavy atom. The number of fused-ring (bicyclic) bond motifs is 3. The molecule has 0 saturated carbocycles. The van der Waals surface area contributed by atoms with Crippen molar-refractivity contribution in [3.8, 4) is 11.5 Å². The third kappa shape index (κ3) is 2.84. The van der Waals surface area contributed by atoms with Crippen molar-refractivity contribution in [3.05, 3.63) is 57.6 Å². The van der Waals surface area contributed by atoms with Crippen LogP contribution < -0.4 is 4.74 Å². The molecule has 172 valence electrons. The van der Waals surface area contributed by atoms with Gasteiger partial charge in [-0.15, -0.1) is 0 Å². The van der Waals surface area contributed by atoms with Crippen molar-refractivity contribution in [3.63, 3.8) is 0 Å². The predicted octanol–water partition coefficient (Wildman–Crippen LogP) is 4.11. The maximum atomic E-state index is 14.4. The molecule has 0 radical (unpaired) electrons. The van der Waals surface area contributed by atoms with Crippen LogP contribution >= 0.6 is 0 Å². The lowest BCUT2D eigenvalue weighted by Crippen LogP contribution is -2.56. The molecule has 2 heterocycles. The lowest BCUT2D eigenvalue weighted by molar-refractivity contribution is -0.290. The smallest absolute Gasteiger partial charge is 0.411 e. The molecule has 0 atom stereocenters. The third-order valence-corrected chi connectivity index (χ3v) is 5.31. The number of alkyl halides is 6. The molecule has 2 aliphatic rings. The van der Waals surface area contributed by atoms with Crippen LogP contribution in [0.1, 0.15) is 52.6 Å². The highest BCUT2D eigenvalue weighted by Crippen LogP contribution is 2.63. The van der Waals surface area contributed by atoms with Crippen LogP contribution in [0.2, 0.25) is 0 Å². The van der Waals surface area contributed by atoms with E-state index < -0.39 is 80.6 Å². The summed E-state index contributed by atoms with van der Waals surface area (Å²) < 4.78 is 100. The van der Waals surface area contributed by atoms with E-state index in [4.69, 9.17) is 4.74 Å². The Labute approximate surface area is 178 Å². The van der Waals surface area contributed by atoms with Gasteiger partial charge in [0.15, 0.2) is 6.29 Å². The second-order valence-corrected chi connectivity index (χ2v) is 6.96. The van der Waals surface area contributed by atoms with Crippen LogP contribution in [0.3, 0.4) is 0 Å². The summed E-state index contributed by atoms with van der Waals surface area (Å²) in [5.41, 5.74) is -10.8. The molecule has 0 fully saturated rings. The van der Waals surface area contributed by atoms with Gasteiger partial charge in [0.25, 0.3) is 0 Å². The van der Waals surface area contributed by atoms with Gasteiger partial charge < -0.3 is 14.2 Å². The van der Waals surface area contributed by atoms with E-state index in [-0.39, 0.29) is 18.4 Å². The Morgan fingerprint density at radius 3 is 1.91 bits per heavy atom. The number of cyclic esters (lactones) is 2. The molecule has 2 aliphatic heterocycles. The fourth-order valence-corrected chi connectivity index (χ4v) is 3.88. The van der Waals surface area contributed by atoms with Gasteiger partial charge in [0.1, 0.15) is 11.5 Å². The summed E-state index contributed by atoms with van der Waals surface area (Å²) in [5.74, 6) is -6.17. The van der Waals surface area contributed by atoms with Crippen molar-refractivity contribution < 1.29 is 59.7 Å². The molecule has 0 bridgehead atoms. The molecular weight excluding hydrogens is 466 g/mol. The van der Waals surface area contributed by atoms with Crippen LogP contribution in [0.5, 0.6) is 11.5 Å². The number of hydrogen-bond acceptors (Lipinski definition) is 7. The Hall–Kier alpha value is -3.90. The zero-order valence-electron chi connectivity index (χ0n) is 16.0. The highest BCUT2D eigenvalue weighted by Gasteiger charge is 2.75. The highest BCUT2D eigenvalue weighted by molar-refractivity contribution is 6.15. The van der Waals surface area contributed by atoms with Crippen molar-refractivity contribution in [2.75, 3.05) is 7.11 Å². The van der Waals surface area contributed by atoms with Gasteiger partial charge in [-0.2, -0.15) is 26.3 Å². The molecule has 2 aromatic rings. The minimum absolute atomic E-state index is 0.0208. The maximum Gasteiger partial charge on any atom is 0.411 e. The number of halogens is 6. The quantitative estimate of drug-likeness (QED) is 0.280. The van der Waals surface area contributed by atoms with Gasteiger partial charge in [-0.05, 0) is 24.3 Å². The van der Waals surface area contributed by atoms with E-state index in [0.717, 1.165) is 7.11 Å². The van der Waals surface area contributed by atoms with Crippen molar-refractivity contribution in [1.82, 2.24) is 0 Å². The number of carbonyl (C=O) groups excluding carboxylic acids is 4. The molecule has 4 rings (SSSR count). The molecule has 2 aromatic carbocycles. The fourth-order valence-electron chi connectivity index (χ4n) is 3.88. The molecule has 0 unspecified atom stereocenters. The van der Waals surface area contributed by atoms with Gasteiger partial charge in [0.05, 0.1) is 23.8 Å². The minimum Gasteiger partial charge on any atom is -0.465 e. The predicted molar refractivity (Wildman–Crippen MR) is 92.3 cm³/mol. The third-order valence-electron chi connectivity index (χ3n) is 5.31. The molecule has 0 aliphatic carbocycles. The SMILES string of the molecule is COC(=O)c1cc2c(cc1C=O)Oc1cc3c(cc1C2(C(F)(F)F)C(F)(F)F)C(=O)OC3=O. The van der Waals surface area contributed by atoms with E-state index in [1.54, 1.807) is 0 Å². The maximum absolute atomic E-state index is 14.4. The summed E-state index contributed by atoms with van der Waals surface area (Å²) in [6.07, 6.45) is -12.2. The highest BCUT2D eigenvalue weighted by atomic mass is 19.4. The molecular formula is C20H8F6O7. The monoisotopic (exact) mass is 474 g/mol. The van der Waals surface area contributed by atoms with E-state index in [2.05, 4.69) is 9.47 Å². The van der Waals surface area contributed by atoms with E-state index >= 15 is 0 Å².